The Hall–Kier alpha value is -0.890. The van der Waals surface area contributed by atoms with Crippen LogP contribution >= 0.6 is 0 Å². The van der Waals surface area contributed by atoms with Crippen LogP contribution in [0.2, 0.25) is 0 Å². The van der Waals surface area contributed by atoms with Gasteiger partial charge in [-0.05, 0) is 44.1 Å². The number of allylic oxidation sites excluding steroid dienone is 2. The molecule has 0 bridgehead atoms. The summed E-state index contributed by atoms with van der Waals surface area (Å²) in [5, 5.41) is 9.72. The molecule has 0 spiro atoms. The quantitative estimate of drug-likeness (QED) is 0.746. The molecule has 2 rings (SSSR count). The molecule has 2 aliphatic rings. The predicted molar refractivity (Wildman–Crippen MR) is 68.5 cm³/mol. The van der Waals surface area contributed by atoms with Gasteiger partial charge in [-0.3, -0.25) is 4.79 Å². The van der Waals surface area contributed by atoms with Crippen molar-refractivity contribution in [3.05, 3.63) is 24.3 Å². The van der Waals surface area contributed by atoms with Crippen molar-refractivity contribution in [1.82, 2.24) is 0 Å². The van der Waals surface area contributed by atoms with Crippen LogP contribution in [0.1, 0.15) is 33.1 Å². The third-order valence-electron chi connectivity index (χ3n) is 4.86. The molecule has 4 unspecified atom stereocenters. The SMILES string of the molecule is C=C(C)C1CCC2(CO)C=CC(=O)C(C)C2C1. The Morgan fingerprint density at radius 3 is 2.94 bits per heavy atom. The van der Waals surface area contributed by atoms with Crippen molar-refractivity contribution < 1.29 is 9.90 Å². The second kappa shape index (κ2) is 4.41. The number of fused-ring (bicyclic) bond motifs is 1. The van der Waals surface area contributed by atoms with Crippen molar-refractivity contribution in [3.8, 4) is 0 Å². The molecule has 0 heterocycles. The fourth-order valence-electron chi connectivity index (χ4n) is 3.49. The van der Waals surface area contributed by atoms with Crippen LogP contribution in [0.15, 0.2) is 24.3 Å². The first kappa shape index (κ1) is 12.6. The van der Waals surface area contributed by atoms with Gasteiger partial charge in [-0.15, -0.1) is 0 Å². The highest BCUT2D eigenvalue weighted by Crippen LogP contribution is 2.51. The Labute approximate surface area is 103 Å². The molecule has 0 aromatic rings. The number of carbonyl (C=O) groups excluding carboxylic acids is 1. The molecular weight excluding hydrogens is 212 g/mol. The number of aliphatic hydroxyl groups is 1. The van der Waals surface area contributed by atoms with Crippen molar-refractivity contribution in [3.63, 3.8) is 0 Å². The Balaban J connectivity index is 2.30. The maximum Gasteiger partial charge on any atom is 0.158 e. The molecule has 94 valence electrons. The lowest BCUT2D eigenvalue weighted by atomic mass is 9.56. The van der Waals surface area contributed by atoms with Gasteiger partial charge < -0.3 is 5.11 Å². The third kappa shape index (κ3) is 1.99. The molecule has 2 nitrogen and oxygen atoms in total. The molecule has 1 N–H and O–H groups in total. The molecule has 1 fully saturated rings. The zero-order valence-corrected chi connectivity index (χ0v) is 10.8. The first-order valence-corrected chi connectivity index (χ1v) is 6.49. The molecule has 0 aromatic heterocycles. The normalized spacial score (nSPS) is 41.1. The monoisotopic (exact) mass is 234 g/mol. The van der Waals surface area contributed by atoms with Crippen LogP contribution < -0.4 is 0 Å². The molecule has 0 aromatic carbocycles. The highest BCUT2D eigenvalue weighted by molar-refractivity contribution is 5.92. The number of hydrogen-bond donors (Lipinski definition) is 1. The van der Waals surface area contributed by atoms with Crippen LogP contribution in [0.25, 0.3) is 0 Å². The summed E-state index contributed by atoms with van der Waals surface area (Å²) in [6, 6.07) is 0. The summed E-state index contributed by atoms with van der Waals surface area (Å²) in [5.41, 5.74) is 1.06. The van der Waals surface area contributed by atoms with Gasteiger partial charge in [0.2, 0.25) is 0 Å². The van der Waals surface area contributed by atoms with Crippen molar-refractivity contribution in [2.45, 2.75) is 33.1 Å². The topological polar surface area (TPSA) is 37.3 Å². The summed E-state index contributed by atoms with van der Waals surface area (Å²) in [4.78, 5) is 11.8. The molecule has 17 heavy (non-hydrogen) atoms. The zero-order valence-electron chi connectivity index (χ0n) is 10.8. The van der Waals surface area contributed by atoms with Crippen molar-refractivity contribution >= 4 is 5.78 Å². The van der Waals surface area contributed by atoms with Crippen LogP contribution in [-0.2, 0) is 4.79 Å². The third-order valence-corrected chi connectivity index (χ3v) is 4.86. The summed E-state index contributed by atoms with van der Waals surface area (Å²) < 4.78 is 0. The van der Waals surface area contributed by atoms with Gasteiger partial charge in [0.05, 0.1) is 6.61 Å². The van der Waals surface area contributed by atoms with Crippen LogP contribution in [0.3, 0.4) is 0 Å². The number of aliphatic hydroxyl groups excluding tert-OH is 1. The van der Waals surface area contributed by atoms with Crippen LogP contribution in [0.4, 0.5) is 0 Å². The van der Waals surface area contributed by atoms with Gasteiger partial charge in [-0.1, -0.05) is 25.2 Å². The summed E-state index contributed by atoms with van der Waals surface area (Å²) in [6.07, 6.45) is 6.69. The Morgan fingerprint density at radius 2 is 2.35 bits per heavy atom. The van der Waals surface area contributed by atoms with E-state index in [9.17, 15) is 9.90 Å². The Morgan fingerprint density at radius 1 is 1.65 bits per heavy atom. The van der Waals surface area contributed by atoms with E-state index in [0.717, 1.165) is 19.3 Å². The highest BCUT2D eigenvalue weighted by Gasteiger charge is 2.47. The average Bonchev–Trinajstić information content (AvgIpc) is 2.33. The lowest BCUT2D eigenvalue weighted by Gasteiger charge is -2.48. The first-order chi connectivity index (χ1) is 8.00. The van der Waals surface area contributed by atoms with E-state index in [-0.39, 0.29) is 29.6 Å². The van der Waals surface area contributed by atoms with Gasteiger partial charge in [-0.25, -0.2) is 0 Å². The molecule has 0 amide bonds. The summed E-state index contributed by atoms with van der Waals surface area (Å²) in [5.74, 6) is 1.04. The Bertz CT molecular complexity index is 369. The van der Waals surface area contributed by atoms with Crippen LogP contribution in [0.5, 0.6) is 0 Å². The standard InChI is InChI=1S/C15H22O2/c1-10(2)12-4-6-15(9-16)7-5-14(17)11(3)13(15)8-12/h5,7,11-13,16H,1,4,6,8-9H2,2-3H3. The molecule has 0 saturated heterocycles. The summed E-state index contributed by atoms with van der Waals surface area (Å²) in [7, 11) is 0. The van der Waals surface area contributed by atoms with Gasteiger partial charge >= 0.3 is 0 Å². The molecule has 0 radical (unpaired) electrons. The minimum absolute atomic E-state index is 0.0364. The summed E-state index contributed by atoms with van der Waals surface area (Å²) in [6.45, 7) is 8.28. The van der Waals surface area contributed by atoms with E-state index in [4.69, 9.17) is 0 Å². The molecule has 1 saturated carbocycles. The maximum absolute atomic E-state index is 11.8. The molecule has 2 aliphatic carbocycles. The summed E-state index contributed by atoms with van der Waals surface area (Å²) >= 11 is 0. The fourth-order valence-corrected chi connectivity index (χ4v) is 3.49. The number of hydrogen-bond acceptors (Lipinski definition) is 2. The smallest absolute Gasteiger partial charge is 0.158 e. The molecule has 0 aliphatic heterocycles. The van der Waals surface area contributed by atoms with E-state index in [0.29, 0.717) is 5.92 Å². The number of carbonyl (C=O) groups is 1. The van der Waals surface area contributed by atoms with Crippen LogP contribution in [-0.4, -0.2) is 17.5 Å². The van der Waals surface area contributed by atoms with Gasteiger partial charge in [0.15, 0.2) is 5.78 Å². The van der Waals surface area contributed by atoms with Gasteiger partial charge in [0.25, 0.3) is 0 Å². The van der Waals surface area contributed by atoms with Crippen molar-refractivity contribution in [2.75, 3.05) is 6.61 Å². The van der Waals surface area contributed by atoms with Gasteiger partial charge in [-0.2, -0.15) is 0 Å². The zero-order chi connectivity index (χ0) is 12.6. The first-order valence-electron chi connectivity index (χ1n) is 6.49. The van der Waals surface area contributed by atoms with E-state index < -0.39 is 0 Å². The second-order valence-electron chi connectivity index (χ2n) is 5.84. The predicted octanol–water partition coefficient (Wildman–Crippen LogP) is 2.73. The van der Waals surface area contributed by atoms with E-state index in [2.05, 4.69) is 13.5 Å². The van der Waals surface area contributed by atoms with E-state index >= 15 is 0 Å². The minimum atomic E-state index is -0.153. The average molecular weight is 234 g/mol. The van der Waals surface area contributed by atoms with Crippen molar-refractivity contribution in [1.29, 1.82) is 0 Å². The molecule has 2 heteroatoms. The largest absolute Gasteiger partial charge is 0.395 e. The Kier molecular flexibility index (Phi) is 3.26. The van der Waals surface area contributed by atoms with Crippen molar-refractivity contribution in [2.24, 2.45) is 23.2 Å². The lowest BCUT2D eigenvalue weighted by molar-refractivity contribution is -0.124. The number of ketones is 1. The van der Waals surface area contributed by atoms with E-state index in [1.165, 1.54) is 5.57 Å². The second-order valence-corrected chi connectivity index (χ2v) is 5.84. The van der Waals surface area contributed by atoms with Gasteiger partial charge in [0.1, 0.15) is 0 Å². The van der Waals surface area contributed by atoms with E-state index in [1.54, 1.807) is 6.08 Å². The lowest BCUT2D eigenvalue weighted by Crippen LogP contribution is -2.45. The fraction of sp³-hybridized carbons (Fsp3) is 0.667. The van der Waals surface area contributed by atoms with E-state index in [1.807, 2.05) is 13.0 Å². The minimum Gasteiger partial charge on any atom is -0.395 e. The molecular formula is C15H22O2. The number of rotatable bonds is 2. The highest BCUT2D eigenvalue weighted by atomic mass is 16.3. The van der Waals surface area contributed by atoms with Gasteiger partial charge in [0, 0.05) is 11.3 Å². The molecule has 4 atom stereocenters. The van der Waals surface area contributed by atoms with Crippen LogP contribution in [0, 0.1) is 23.2 Å². The maximum atomic E-state index is 11.8.